The van der Waals surface area contributed by atoms with Crippen LogP contribution in [-0.4, -0.2) is 85.3 Å². The van der Waals surface area contributed by atoms with Gasteiger partial charge in [-0.05, 0) is 274 Å². The van der Waals surface area contributed by atoms with Crippen LogP contribution >= 0.6 is 0 Å². The summed E-state index contributed by atoms with van der Waals surface area (Å²) in [6, 6.07) is 16.1. The highest BCUT2D eigenvalue weighted by Crippen LogP contribution is 2.48. The Morgan fingerprint density at radius 2 is 0.299 bits per heavy atom. The van der Waals surface area contributed by atoms with Gasteiger partial charge in [-0.3, -0.25) is 0 Å². The van der Waals surface area contributed by atoms with E-state index >= 15 is 0 Å². The van der Waals surface area contributed by atoms with E-state index in [4.69, 9.17) is 61.0 Å². The van der Waals surface area contributed by atoms with Gasteiger partial charge >= 0.3 is 0 Å². The summed E-state index contributed by atoms with van der Waals surface area (Å²) in [7, 11) is -5.78. The second-order valence-electron chi connectivity index (χ2n) is 34.4. The summed E-state index contributed by atoms with van der Waals surface area (Å²) in [5.41, 5.74) is -8.59. The van der Waals surface area contributed by atoms with Gasteiger partial charge in [0.2, 0.25) is 23.0 Å². The van der Waals surface area contributed by atoms with E-state index in [1.807, 2.05) is 274 Å². The highest BCUT2D eigenvalue weighted by atomic mass is 28.4. The summed E-state index contributed by atoms with van der Waals surface area (Å²) in [6.07, 6.45) is 0. The van der Waals surface area contributed by atoms with Crippen molar-refractivity contribution < 1.29 is 61.0 Å². The lowest BCUT2D eigenvalue weighted by molar-refractivity contribution is 0.0781. The number of ether oxygens (including phenoxy) is 12. The zero-order valence-electron chi connectivity index (χ0n) is 60.9. The van der Waals surface area contributed by atoms with Gasteiger partial charge in [0.25, 0.3) is 18.1 Å². The second-order valence-corrected chi connectivity index (χ2v) is 38.7. The maximum absolute atomic E-state index is 8.62. The Kier molecular flexibility index (Phi) is 21.9. The Labute approximate surface area is 531 Å². The first-order valence-electron chi connectivity index (χ1n) is 30.9. The summed E-state index contributed by atoms with van der Waals surface area (Å²) in [6.45, 7) is 72.8. The average molecular weight is 1250 g/mol. The van der Waals surface area contributed by atoms with Crippen LogP contribution in [0.15, 0.2) is 48.5 Å². The van der Waals surface area contributed by atoms with Crippen molar-refractivity contribution >= 4 is 38.8 Å². The molecule has 0 heterocycles. The summed E-state index contributed by atoms with van der Waals surface area (Å²) in [4.78, 5) is 0. The third kappa shape index (κ3) is 24.6. The lowest BCUT2D eigenvalue weighted by Gasteiger charge is -2.37. The van der Waals surface area contributed by atoms with Crippen LogP contribution in [0.1, 0.15) is 249 Å². The molecule has 0 aliphatic heterocycles. The summed E-state index contributed by atoms with van der Waals surface area (Å²) in [5, 5.41) is 2.77. The van der Waals surface area contributed by atoms with Gasteiger partial charge < -0.3 is 61.0 Å². The quantitative estimate of drug-likeness (QED) is 0.0880. The van der Waals surface area contributed by atoms with Crippen molar-refractivity contribution in [1.82, 2.24) is 0 Å². The van der Waals surface area contributed by atoms with Crippen LogP contribution in [-0.2, 0) is 4.12 Å². The highest BCUT2D eigenvalue weighted by Gasteiger charge is 2.44. The van der Waals surface area contributed by atoms with Crippen LogP contribution in [0.5, 0.6) is 69.0 Å². The zero-order chi connectivity index (χ0) is 67.2. The average Bonchev–Trinajstić information content (AvgIpc) is 0.875. The molecule has 0 amide bonds. The highest BCUT2D eigenvalue weighted by molar-refractivity contribution is 6.93. The molecule has 0 unspecified atom stereocenters. The Morgan fingerprint density at radius 3 is 0.425 bits per heavy atom. The van der Waals surface area contributed by atoms with Gasteiger partial charge in [-0.1, -0.05) is 24.3 Å². The summed E-state index contributed by atoms with van der Waals surface area (Å²) in [5.74, 6) is 5.46. The van der Waals surface area contributed by atoms with E-state index in [1.165, 1.54) is 0 Å². The van der Waals surface area contributed by atoms with Gasteiger partial charge in [-0.15, -0.1) is 0 Å². The second kappa shape index (κ2) is 25.6. The van der Waals surface area contributed by atoms with Gasteiger partial charge in [0, 0.05) is 20.7 Å². The molecule has 4 aromatic carbocycles. The normalized spacial score (nSPS) is 13.8. The fourth-order valence-electron chi connectivity index (χ4n) is 8.39. The first-order chi connectivity index (χ1) is 38.6. The molecule has 4 aromatic rings. The Balaban J connectivity index is 2.66. The smallest absolute Gasteiger partial charge is 0.280 e. The van der Waals surface area contributed by atoms with Gasteiger partial charge in [0.15, 0.2) is 46.0 Å². The van der Waals surface area contributed by atoms with E-state index in [9.17, 15) is 0 Å². The molecule has 0 atom stereocenters. The zero-order valence-corrected chi connectivity index (χ0v) is 62.9. The molecular weight excluding hydrogens is 1130 g/mol. The molecule has 0 aromatic heterocycles. The minimum absolute atomic E-state index is 0.421. The molecule has 0 fully saturated rings. The maximum Gasteiger partial charge on any atom is 0.280 e. The monoisotopic (exact) mass is 1240 g/mol. The van der Waals surface area contributed by atoms with Crippen molar-refractivity contribution in [3.63, 3.8) is 0 Å². The van der Waals surface area contributed by atoms with Gasteiger partial charge in [0.1, 0.15) is 67.2 Å². The van der Waals surface area contributed by atoms with E-state index < -0.39 is 85.3 Å². The molecule has 4 rings (SSSR count). The first kappa shape index (κ1) is 74.3. The molecule has 0 bridgehead atoms. The van der Waals surface area contributed by atoms with E-state index in [0.29, 0.717) is 89.7 Å². The molecule has 0 aliphatic rings. The molecule has 87 heavy (non-hydrogen) atoms. The largest absolute Gasteiger partial charge is 0.484 e. The minimum atomic E-state index is -2.89. The molecule has 0 N–H and O–H groups in total. The number of hydrogen-bond donors (Lipinski definition) is 0. The van der Waals surface area contributed by atoms with E-state index in [0.717, 1.165) is 0 Å². The van der Waals surface area contributed by atoms with Gasteiger partial charge in [-0.2, -0.15) is 0 Å². The van der Waals surface area contributed by atoms with Crippen molar-refractivity contribution in [2.45, 2.75) is 316 Å². The van der Waals surface area contributed by atoms with Crippen molar-refractivity contribution in [2.24, 2.45) is 0 Å². The van der Waals surface area contributed by atoms with Crippen LogP contribution < -0.4 is 77.6 Å². The Hall–Kier alpha value is -5.13. The van der Waals surface area contributed by atoms with Crippen molar-refractivity contribution in [1.29, 1.82) is 0 Å². The van der Waals surface area contributed by atoms with E-state index in [1.54, 1.807) is 0 Å². The van der Waals surface area contributed by atoms with Crippen molar-refractivity contribution in [3.8, 4) is 69.0 Å². The maximum atomic E-state index is 8.62. The molecular formula is C72H116O13Si2. The fraction of sp³-hybridized carbons (Fsp3) is 0.667. The summed E-state index contributed by atoms with van der Waals surface area (Å²) >= 11 is 0. The van der Waals surface area contributed by atoms with Crippen LogP contribution in [0.25, 0.3) is 0 Å². The Morgan fingerprint density at radius 1 is 0.172 bits per heavy atom. The predicted octanol–water partition coefficient (Wildman–Crippen LogP) is 16.7. The molecule has 0 saturated carbocycles. The topological polar surface area (TPSA) is 120 Å². The number of rotatable bonds is 18. The third-order valence-electron chi connectivity index (χ3n) is 10.4. The number of benzene rings is 4. The van der Waals surface area contributed by atoms with Crippen molar-refractivity contribution in [3.05, 3.63) is 48.5 Å². The van der Waals surface area contributed by atoms with Crippen molar-refractivity contribution in [2.75, 3.05) is 0 Å². The minimum Gasteiger partial charge on any atom is -0.484 e. The summed E-state index contributed by atoms with van der Waals surface area (Å²) < 4.78 is 94.2. The van der Waals surface area contributed by atoms with E-state index in [2.05, 4.69) is 24.3 Å². The van der Waals surface area contributed by atoms with Gasteiger partial charge in [0.05, 0.1) is 0 Å². The molecule has 490 valence electrons. The molecule has 13 nitrogen and oxygen atoms in total. The molecule has 0 spiro atoms. The van der Waals surface area contributed by atoms with Crippen LogP contribution in [0, 0.1) is 0 Å². The molecule has 2 radical (unpaired) electrons. The van der Waals surface area contributed by atoms with Crippen LogP contribution in [0.3, 0.4) is 0 Å². The van der Waals surface area contributed by atoms with Gasteiger partial charge in [-0.25, -0.2) is 0 Å². The van der Waals surface area contributed by atoms with Crippen LogP contribution in [0.4, 0.5) is 0 Å². The SMILES string of the molecule is CC(C)(C)Oc1ccc([Si](O[Si](c2ccc(OC(C)(C)C)c(OC(C)(C)C)c2OC(C)(C)C)c2ccc(OC(C)(C)C)c(OC(C)(C)C)c2OC(C)(C)C)c2ccc(OC(C)(C)C)c(OC(C)(C)C)c2OC(C)(C)C)c(OC(C)(C)C)c1OC(C)(C)C. The predicted molar refractivity (Wildman–Crippen MR) is 361 cm³/mol. The first-order valence-corrected chi connectivity index (χ1v) is 33.8. The standard InChI is InChI=1S/C72H116O13Si2/c1-61(2,3)73-45-37-41-49(57(81-69(25,26)27)53(45)77-65(13,14)15)86(50-42-38-46(74-62(4,5)6)54(78-66(16,17)18)58(50)82-70(28,29)30)85-87(51-43-39-47(75-63(7,8)9)55(79-67(19,20)21)59(51)83-71(31,32)33)52-44-40-48(76-64(10,11)12)56(80-68(22,23)24)60(52)84-72(34,35)36/h37-44H,1-36H3. The fourth-order valence-corrected chi connectivity index (χ4v) is 14.0. The lowest BCUT2D eigenvalue weighted by atomic mass is 10.1. The number of hydrogen-bond acceptors (Lipinski definition) is 13. The Bertz CT molecular complexity index is 2570. The lowest BCUT2D eigenvalue weighted by Crippen LogP contribution is -2.58. The van der Waals surface area contributed by atoms with Crippen LogP contribution in [0.2, 0.25) is 0 Å². The molecule has 0 aliphatic carbocycles. The molecule has 0 saturated heterocycles. The van der Waals surface area contributed by atoms with E-state index in [-0.39, 0.29) is 0 Å². The molecule has 15 heteroatoms. The third-order valence-corrected chi connectivity index (χ3v) is 15.6.